The Labute approximate surface area is 56.2 Å². The summed E-state index contributed by atoms with van der Waals surface area (Å²) in [6, 6.07) is 4.33. The average Bonchev–Trinajstić information content (AvgIpc) is 2.33. The van der Waals surface area contributed by atoms with Crippen molar-refractivity contribution in [3.05, 3.63) is 30.3 Å². The number of hydrogen-bond acceptors (Lipinski definition) is 2. The molecule has 0 aliphatic heterocycles. The van der Waals surface area contributed by atoms with Crippen LogP contribution in [0.4, 0.5) is 4.39 Å². The molecule has 0 fully saturated rings. The van der Waals surface area contributed by atoms with E-state index in [4.69, 9.17) is 0 Å². The molecule has 0 saturated carbocycles. The number of aromatic nitrogens is 1. The predicted molar refractivity (Wildman–Crippen MR) is 34.0 cm³/mol. The summed E-state index contributed by atoms with van der Waals surface area (Å²) in [6.07, 6.45) is 1.48. The Bertz CT molecular complexity index is 355. The van der Waals surface area contributed by atoms with E-state index in [1.807, 2.05) is 0 Å². The first-order chi connectivity index (χ1) is 4.86. The molecule has 1 aromatic heterocycles. The van der Waals surface area contributed by atoms with Gasteiger partial charge >= 0.3 is 0 Å². The van der Waals surface area contributed by atoms with Crippen molar-refractivity contribution in [1.29, 1.82) is 0 Å². The topological polar surface area (TPSA) is 26.0 Å². The molecule has 0 N–H and O–H groups in total. The van der Waals surface area contributed by atoms with Gasteiger partial charge in [0.15, 0.2) is 0 Å². The highest BCUT2D eigenvalue weighted by Gasteiger charge is 1.97. The first kappa shape index (κ1) is 5.41. The van der Waals surface area contributed by atoms with Crippen LogP contribution in [0.1, 0.15) is 0 Å². The Morgan fingerprint density at radius 3 is 3.20 bits per heavy atom. The summed E-state index contributed by atoms with van der Waals surface area (Å²) in [5.74, 6) is -0.290. The second-order valence-electron chi connectivity index (χ2n) is 2.02. The van der Waals surface area contributed by atoms with Crippen molar-refractivity contribution in [3.63, 3.8) is 0 Å². The van der Waals surface area contributed by atoms with Crippen molar-refractivity contribution < 1.29 is 8.91 Å². The minimum Gasteiger partial charge on any atom is -0.364 e. The number of hydrogen-bond donors (Lipinski definition) is 0. The van der Waals surface area contributed by atoms with E-state index in [2.05, 4.69) is 9.68 Å². The molecule has 1 aromatic carbocycles. The molecule has 2 aromatic rings. The lowest BCUT2D eigenvalue weighted by atomic mass is 10.2. The molecule has 1 heterocycles. The van der Waals surface area contributed by atoms with Gasteiger partial charge in [0.05, 0.1) is 0 Å². The highest BCUT2D eigenvalue weighted by Crippen LogP contribution is 2.12. The van der Waals surface area contributed by atoms with Crippen molar-refractivity contribution >= 4 is 10.9 Å². The van der Waals surface area contributed by atoms with Crippen LogP contribution in [0.5, 0.6) is 0 Å². The maximum absolute atomic E-state index is 12.4. The SMILES string of the molecule is Fc1ccc2conc2c1. The van der Waals surface area contributed by atoms with E-state index in [0.717, 1.165) is 5.39 Å². The zero-order valence-corrected chi connectivity index (χ0v) is 5.04. The molecular weight excluding hydrogens is 133 g/mol. The minimum absolute atomic E-state index is 0.290. The Morgan fingerprint density at radius 2 is 2.30 bits per heavy atom. The molecule has 50 valence electrons. The molecule has 0 spiro atoms. The van der Waals surface area contributed by atoms with Gasteiger partial charge in [0.2, 0.25) is 0 Å². The van der Waals surface area contributed by atoms with Crippen LogP contribution < -0.4 is 0 Å². The largest absolute Gasteiger partial charge is 0.364 e. The van der Waals surface area contributed by atoms with Crippen molar-refractivity contribution in [2.45, 2.75) is 0 Å². The third-order valence-electron chi connectivity index (χ3n) is 1.32. The second-order valence-corrected chi connectivity index (χ2v) is 2.02. The van der Waals surface area contributed by atoms with Gasteiger partial charge in [-0.2, -0.15) is 0 Å². The molecule has 0 bridgehead atoms. The zero-order valence-electron chi connectivity index (χ0n) is 5.04. The molecule has 0 aliphatic rings. The lowest BCUT2D eigenvalue weighted by Gasteiger charge is -1.83. The summed E-state index contributed by atoms with van der Waals surface area (Å²) in [4.78, 5) is 0. The number of rotatable bonds is 0. The van der Waals surface area contributed by atoms with Crippen LogP contribution in [0.25, 0.3) is 10.9 Å². The fourth-order valence-electron chi connectivity index (χ4n) is 0.835. The molecule has 2 nitrogen and oxygen atoms in total. The first-order valence-corrected chi connectivity index (χ1v) is 2.86. The fourth-order valence-corrected chi connectivity index (χ4v) is 0.835. The first-order valence-electron chi connectivity index (χ1n) is 2.86. The Balaban J connectivity index is 2.86. The van der Waals surface area contributed by atoms with Crippen molar-refractivity contribution in [2.24, 2.45) is 0 Å². The lowest BCUT2D eigenvalue weighted by Crippen LogP contribution is -1.71. The van der Waals surface area contributed by atoms with E-state index in [9.17, 15) is 4.39 Å². The predicted octanol–water partition coefficient (Wildman–Crippen LogP) is 1.97. The maximum atomic E-state index is 12.4. The number of fused-ring (bicyclic) bond motifs is 1. The van der Waals surface area contributed by atoms with E-state index in [0.29, 0.717) is 5.52 Å². The third kappa shape index (κ3) is 0.673. The molecule has 10 heavy (non-hydrogen) atoms. The molecular formula is C7H4FNO. The second kappa shape index (κ2) is 1.80. The average molecular weight is 137 g/mol. The molecule has 3 heteroatoms. The number of benzene rings is 1. The van der Waals surface area contributed by atoms with Gasteiger partial charge in [0, 0.05) is 11.5 Å². The lowest BCUT2D eigenvalue weighted by molar-refractivity contribution is 0.428. The Morgan fingerprint density at radius 1 is 1.40 bits per heavy atom. The van der Waals surface area contributed by atoms with E-state index < -0.39 is 0 Å². The summed E-state index contributed by atoms with van der Waals surface area (Å²) >= 11 is 0. The van der Waals surface area contributed by atoms with Gasteiger partial charge in [-0.1, -0.05) is 5.16 Å². The third-order valence-corrected chi connectivity index (χ3v) is 1.32. The highest BCUT2D eigenvalue weighted by molar-refractivity contribution is 5.76. The molecule has 0 aliphatic carbocycles. The van der Waals surface area contributed by atoms with Crippen molar-refractivity contribution in [3.8, 4) is 0 Å². The minimum atomic E-state index is -0.290. The van der Waals surface area contributed by atoms with Crippen molar-refractivity contribution in [2.75, 3.05) is 0 Å². The summed E-state index contributed by atoms with van der Waals surface area (Å²) in [5, 5.41) is 4.39. The summed E-state index contributed by atoms with van der Waals surface area (Å²) in [7, 11) is 0. The molecule has 2 rings (SSSR count). The number of nitrogens with zero attached hydrogens (tertiary/aromatic N) is 1. The molecule has 0 atom stereocenters. The van der Waals surface area contributed by atoms with Gasteiger partial charge < -0.3 is 4.52 Å². The molecule has 0 radical (unpaired) electrons. The molecule has 0 saturated heterocycles. The van der Waals surface area contributed by atoms with Crippen LogP contribution in [-0.4, -0.2) is 5.16 Å². The van der Waals surface area contributed by atoms with Crippen molar-refractivity contribution in [1.82, 2.24) is 5.16 Å². The van der Waals surface area contributed by atoms with Crippen LogP contribution in [0, 0.1) is 5.82 Å². The molecule has 0 unspecified atom stereocenters. The normalized spacial score (nSPS) is 10.5. The van der Waals surface area contributed by atoms with E-state index >= 15 is 0 Å². The van der Waals surface area contributed by atoms with Gasteiger partial charge in [0.1, 0.15) is 17.6 Å². The monoisotopic (exact) mass is 137 g/mol. The smallest absolute Gasteiger partial charge is 0.131 e. The van der Waals surface area contributed by atoms with Crippen LogP contribution in [0.3, 0.4) is 0 Å². The van der Waals surface area contributed by atoms with Gasteiger partial charge in [-0.25, -0.2) is 4.39 Å². The summed E-state index contributed by atoms with van der Waals surface area (Å²) in [6.45, 7) is 0. The summed E-state index contributed by atoms with van der Waals surface area (Å²) < 4.78 is 17.0. The van der Waals surface area contributed by atoms with Crippen LogP contribution in [-0.2, 0) is 0 Å². The summed E-state index contributed by atoms with van der Waals surface area (Å²) in [5.41, 5.74) is 0.556. The standard InChI is InChI=1S/C7H4FNO/c8-6-2-1-5-4-10-9-7(5)3-6/h1-4H. The van der Waals surface area contributed by atoms with Gasteiger partial charge in [0.25, 0.3) is 0 Å². The van der Waals surface area contributed by atoms with Crippen LogP contribution in [0.2, 0.25) is 0 Å². The highest BCUT2D eigenvalue weighted by atomic mass is 19.1. The van der Waals surface area contributed by atoms with E-state index in [-0.39, 0.29) is 5.82 Å². The Hall–Kier alpha value is -1.38. The van der Waals surface area contributed by atoms with E-state index in [1.54, 1.807) is 6.07 Å². The van der Waals surface area contributed by atoms with Crippen LogP contribution >= 0.6 is 0 Å². The van der Waals surface area contributed by atoms with Gasteiger partial charge in [-0.15, -0.1) is 0 Å². The van der Waals surface area contributed by atoms with Gasteiger partial charge in [-0.3, -0.25) is 0 Å². The number of halogens is 1. The van der Waals surface area contributed by atoms with Gasteiger partial charge in [-0.05, 0) is 12.1 Å². The zero-order chi connectivity index (χ0) is 6.97. The fraction of sp³-hybridized carbons (Fsp3) is 0. The van der Waals surface area contributed by atoms with E-state index in [1.165, 1.54) is 18.4 Å². The van der Waals surface area contributed by atoms with Crippen LogP contribution in [0.15, 0.2) is 29.0 Å². The maximum Gasteiger partial charge on any atom is 0.131 e. The Kier molecular flexibility index (Phi) is 0.974. The quantitative estimate of drug-likeness (QED) is 0.554. The molecule has 0 amide bonds.